The van der Waals surface area contributed by atoms with Gasteiger partial charge in [-0.25, -0.2) is 0 Å². The maximum atomic E-state index is 14.3. The molecular weight excluding hydrogens is 514 g/mol. The number of pyridine rings is 1. The van der Waals surface area contributed by atoms with E-state index < -0.39 is 0 Å². The Morgan fingerprint density at radius 2 is 1.41 bits per heavy atom. The van der Waals surface area contributed by atoms with E-state index in [1.54, 1.807) is 30.4 Å². The highest BCUT2D eigenvalue weighted by Gasteiger charge is 2.25. The number of unbranched alkanes of at least 4 members (excludes halogenated alkanes) is 1. The molecule has 218 valence electrons. The van der Waals surface area contributed by atoms with Crippen molar-refractivity contribution >= 4 is 10.9 Å². The first kappa shape index (κ1) is 31.3. The highest BCUT2D eigenvalue weighted by Crippen LogP contribution is 2.38. The Hall–Kier alpha value is -4.19. The zero-order valence-electron chi connectivity index (χ0n) is 24.5. The first-order valence-electron chi connectivity index (χ1n) is 14.3. The second-order valence-electron chi connectivity index (χ2n) is 9.77. The van der Waals surface area contributed by atoms with Crippen LogP contribution in [0, 0.1) is 5.92 Å². The molecule has 41 heavy (non-hydrogen) atoms. The summed E-state index contributed by atoms with van der Waals surface area (Å²) in [6, 6.07) is 11.4. The van der Waals surface area contributed by atoms with Crippen molar-refractivity contribution in [2.45, 2.75) is 46.1 Å². The Bertz CT molecular complexity index is 1390. The van der Waals surface area contributed by atoms with Crippen LogP contribution in [0.2, 0.25) is 0 Å². The molecule has 2 aromatic carbocycles. The molecule has 0 saturated carbocycles. The molecule has 1 unspecified atom stereocenters. The molecule has 0 aliphatic heterocycles. The van der Waals surface area contributed by atoms with Crippen molar-refractivity contribution in [3.8, 4) is 34.3 Å². The Morgan fingerprint density at radius 1 is 0.805 bits per heavy atom. The van der Waals surface area contributed by atoms with Crippen molar-refractivity contribution in [2.24, 2.45) is 5.92 Å². The Morgan fingerprint density at radius 3 is 2.02 bits per heavy atom. The Kier molecular flexibility index (Phi) is 12.4. The standard InChI is InChI=1S/C35H43NO5/c1-7-13-14-26(12-6)25-36-30-23-29(39-20-9-3)24-31(40-21-10-4)32(30)34(37)35(41-22-11-5)33(36)27-15-17-28(18-16-27)38-19-8-2/h8-11,15-18,23-24,26H,2-5,7,12-14,19-22,25H2,1,6H3. The molecule has 6 heteroatoms. The summed E-state index contributed by atoms with van der Waals surface area (Å²) in [5, 5.41) is 0.442. The summed E-state index contributed by atoms with van der Waals surface area (Å²) in [7, 11) is 0. The van der Waals surface area contributed by atoms with Gasteiger partial charge in [0.2, 0.25) is 5.43 Å². The lowest BCUT2D eigenvalue weighted by Gasteiger charge is -2.25. The molecule has 0 radical (unpaired) electrons. The molecule has 0 aliphatic carbocycles. The third kappa shape index (κ3) is 7.94. The van der Waals surface area contributed by atoms with E-state index in [4.69, 9.17) is 18.9 Å². The summed E-state index contributed by atoms with van der Waals surface area (Å²) in [6.07, 6.45) is 11.0. The van der Waals surface area contributed by atoms with E-state index >= 15 is 0 Å². The predicted molar refractivity (Wildman–Crippen MR) is 170 cm³/mol. The number of hydrogen-bond acceptors (Lipinski definition) is 5. The number of aromatic nitrogens is 1. The van der Waals surface area contributed by atoms with Crippen molar-refractivity contribution in [3.05, 3.63) is 97.2 Å². The third-order valence-electron chi connectivity index (χ3n) is 6.81. The summed E-state index contributed by atoms with van der Waals surface area (Å²) >= 11 is 0. The molecule has 0 amide bonds. The van der Waals surface area contributed by atoms with Crippen molar-refractivity contribution < 1.29 is 18.9 Å². The topological polar surface area (TPSA) is 58.9 Å². The van der Waals surface area contributed by atoms with Crippen LogP contribution < -0.4 is 24.4 Å². The summed E-state index contributed by atoms with van der Waals surface area (Å²) in [5.41, 5.74) is 2.00. The molecule has 0 aliphatic rings. The lowest BCUT2D eigenvalue weighted by Crippen LogP contribution is -2.21. The van der Waals surface area contributed by atoms with Crippen LogP contribution in [0.5, 0.6) is 23.0 Å². The zero-order valence-corrected chi connectivity index (χ0v) is 24.5. The first-order valence-corrected chi connectivity index (χ1v) is 14.3. The lowest BCUT2D eigenvalue weighted by molar-refractivity contribution is 0.343. The first-order chi connectivity index (χ1) is 20.0. The van der Waals surface area contributed by atoms with Gasteiger partial charge < -0.3 is 23.5 Å². The molecule has 1 aromatic heterocycles. The second kappa shape index (κ2) is 16.2. The zero-order chi connectivity index (χ0) is 29.6. The van der Waals surface area contributed by atoms with Crippen LogP contribution in [0.25, 0.3) is 22.2 Å². The van der Waals surface area contributed by atoms with Crippen LogP contribution in [-0.2, 0) is 6.54 Å². The smallest absolute Gasteiger partial charge is 0.235 e. The van der Waals surface area contributed by atoms with Crippen molar-refractivity contribution in [3.63, 3.8) is 0 Å². The summed E-state index contributed by atoms with van der Waals surface area (Å²) < 4.78 is 26.1. The minimum absolute atomic E-state index is 0.185. The van der Waals surface area contributed by atoms with E-state index in [0.29, 0.717) is 54.0 Å². The predicted octanol–water partition coefficient (Wildman–Crippen LogP) is 8.14. The van der Waals surface area contributed by atoms with E-state index in [1.807, 2.05) is 30.3 Å². The maximum absolute atomic E-state index is 14.3. The van der Waals surface area contributed by atoms with Crippen LogP contribution in [0.1, 0.15) is 39.5 Å². The molecule has 3 aromatic rings. The lowest BCUT2D eigenvalue weighted by atomic mass is 9.97. The monoisotopic (exact) mass is 557 g/mol. The van der Waals surface area contributed by atoms with Gasteiger partial charge in [-0.2, -0.15) is 0 Å². The molecule has 0 bridgehead atoms. The minimum atomic E-state index is -0.254. The normalized spacial score (nSPS) is 11.5. The van der Waals surface area contributed by atoms with Gasteiger partial charge in [0, 0.05) is 24.2 Å². The number of ether oxygens (including phenoxy) is 4. The van der Waals surface area contributed by atoms with Crippen LogP contribution in [-0.4, -0.2) is 31.0 Å². The van der Waals surface area contributed by atoms with Crippen molar-refractivity contribution in [1.82, 2.24) is 4.57 Å². The third-order valence-corrected chi connectivity index (χ3v) is 6.81. The summed E-state index contributed by atoms with van der Waals surface area (Å²) in [5.74, 6) is 2.37. The average molecular weight is 558 g/mol. The largest absolute Gasteiger partial charge is 0.490 e. The maximum Gasteiger partial charge on any atom is 0.235 e. The number of fused-ring (bicyclic) bond motifs is 1. The number of rotatable bonds is 19. The SMILES string of the molecule is C=CCOc1ccc(-c2c(OCC=C)c(=O)c3c(OCC=C)cc(OCC=C)cc3n2CC(CC)CCCC)cc1. The summed E-state index contributed by atoms with van der Waals surface area (Å²) in [6.45, 7) is 21.3. The van der Waals surface area contributed by atoms with Crippen LogP contribution in [0.4, 0.5) is 0 Å². The molecule has 0 saturated heterocycles. The molecule has 1 atom stereocenters. The fraction of sp³-hybridized carbons (Fsp3) is 0.343. The molecule has 1 heterocycles. The van der Waals surface area contributed by atoms with Gasteiger partial charge in [-0.05, 0) is 36.6 Å². The van der Waals surface area contributed by atoms with Crippen LogP contribution in [0.15, 0.2) is 91.8 Å². The fourth-order valence-corrected chi connectivity index (χ4v) is 4.77. The van der Waals surface area contributed by atoms with Gasteiger partial charge >= 0.3 is 0 Å². The van der Waals surface area contributed by atoms with Gasteiger partial charge in [-0.15, -0.1) is 0 Å². The Balaban J connectivity index is 2.42. The van der Waals surface area contributed by atoms with Gasteiger partial charge in [0.15, 0.2) is 5.75 Å². The highest BCUT2D eigenvalue weighted by molar-refractivity contribution is 5.92. The van der Waals surface area contributed by atoms with Gasteiger partial charge in [0.05, 0.1) is 16.6 Å². The highest BCUT2D eigenvalue weighted by atomic mass is 16.5. The van der Waals surface area contributed by atoms with Gasteiger partial charge in [-0.3, -0.25) is 4.79 Å². The van der Waals surface area contributed by atoms with Crippen molar-refractivity contribution in [1.29, 1.82) is 0 Å². The van der Waals surface area contributed by atoms with E-state index in [0.717, 1.165) is 36.8 Å². The van der Waals surface area contributed by atoms with Gasteiger partial charge in [-0.1, -0.05) is 83.7 Å². The van der Waals surface area contributed by atoms with Crippen molar-refractivity contribution in [2.75, 3.05) is 26.4 Å². The van der Waals surface area contributed by atoms with E-state index in [1.165, 1.54) is 0 Å². The van der Waals surface area contributed by atoms with Crippen LogP contribution >= 0.6 is 0 Å². The summed E-state index contributed by atoms with van der Waals surface area (Å²) in [4.78, 5) is 14.3. The van der Waals surface area contributed by atoms with E-state index in [2.05, 4.69) is 44.7 Å². The molecule has 6 nitrogen and oxygen atoms in total. The van der Waals surface area contributed by atoms with Crippen LogP contribution in [0.3, 0.4) is 0 Å². The van der Waals surface area contributed by atoms with Gasteiger partial charge in [0.1, 0.15) is 43.7 Å². The number of hydrogen-bond donors (Lipinski definition) is 0. The minimum Gasteiger partial charge on any atom is -0.490 e. The van der Waals surface area contributed by atoms with Gasteiger partial charge in [0.25, 0.3) is 0 Å². The second-order valence-corrected chi connectivity index (χ2v) is 9.77. The molecule has 0 fully saturated rings. The molecule has 0 N–H and O–H groups in total. The fourth-order valence-electron chi connectivity index (χ4n) is 4.77. The average Bonchev–Trinajstić information content (AvgIpc) is 3.00. The van der Waals surface area contributed by atoms with E-state index in [9.17, 15) is 4.79 Å². The molecular formula is C35H43NO5. The number of benzene rings is 2. The molecule has 3 rings (SSSR count). The number of nitrogens with zero attached hydrogens (tertiary/aromatic N) is 1. The Labute approximate surface area is 244 Å². The quantitative estimate of drug-likeness (QED) is 0.139. The molecule has 0 spiro atoms. The van der Waals surface area contributed by atoms with E-state index in [-0.39, 0.29) is 24.4 Å².